The Morgan fingerprint density at radius 2 is 1.51 bits per heavy atom. The fraction of sp³-hybridized carbons (Fsp3) is 0.387. The highest BCUT2D eigenvalue weighted by molar-refractivity contribution is 6.99. The third-order valence-electron chi connectivity index (χ3n) is 7.59. The molecule has 1 atom stereocenters. The van der Waals surface area contributed by atoms with Gasteiger partial charge in [0.15, 0.2) is 0 Å². The SMILES string of the molecule is CC(C)(C)[Si](OCCC1CCCC(=O)N1Cc1cc(C(F)(F)F)ccc1F)(c1ccccc1)c1ccccc1. The summed E-state index contributed by atoms with van der Waals surface area (Å²) in [5.41, 5.74) is -1.05. The maximum atomic E-state index is 14.6. The third kappa shape index (κ3) is 6.28. The van der Waals surface area contributed by atoms with Gasteiger partial charge < -0.3 is 9.33 Å². The summed E-state index contributed by atoms with van der Waals surface area (Å²) < 4.78 is 61.3. The van der Waals surface area contributed by atoms with E-state index in [1.54, 1.807) is 0 Å². The average molecular weight is 558 g/mol. The van der Waals surface area contributed by atoms with Crippen LogP contribution in [0.25, 0.3) is 0 Å². The normalized spacial score (nSPS) is 16.9. The van der Waals surface area contributed by atoms with Gasteiger partial charge in [0, 0.05) is 31.2 Å². The van der Waals surface area contributed by atoms with Crippen LogP contribution in [-0.2, 0) is 21.9 Å². The molecule has 1 fully saturated rings. The van der Waals surface area contributed by atoms with Gasteiger partial charge in [0.1, 0.15) is 5.82 Å². The van der Waals surface area contributed by atoms with Gasteiger partial charge >= 0.3 is 6.18 Å². The second kappa shape index (κ2) is 11.6. The highest BCUT2D eigenvalue weighted by Crippen LogP contribution is 2.37. The van der Waals surface area contributed by atoms with Crippen molar-refractivity contribution in [3.63, 3.8) is 0 Å². The van der Waals surface area contributed by atoms with E-state index in [9.17, 15) is 22.4 Å². The number of halogens is 4. The molecule has 1 amide bonds. The Morgan fingerprint density at radius 1 is 0.923 bits per heavy atom. The number of rotatable bonds is 8. The van der Waals surface area contributed by atoms with E-state index in [0.29, 0.717) is 32.3 Å². The number of carbonyl (C=O) groups excluding carboxylic acids is 1. The van der Waals surface area contributed by atoms with E-state index in [1.807, 2.05) is 36.4 Å². The maximum Gasteiger partial charge on any atom is 0.416 e. The van der Waals surface area contributed by atoms with Crippen molar-refractivity contribution in [3.8, 4) is 0 Å². The lowest BCUT2D eigenvalue weighted by Crippen LogP contribution is -2.66. The van der Waals surface area contributed by atoms with Crippen molar-refractivity contribution in [1.82, 2.24) is 4.90 Å². The Morgan fingerprint density at radius 3 is 2.05 bits per heavy atom. The molecule has 0 aliphatic carbocycles. The molecule has 0 bridgehead atoms. The number of hydrogen-bond donors (Lipinski definition) is 0. The third-order valence-corrected chi connectivity index (χ3v) is 12.6. The summed E-state index contributed by atoms with van der Waals surface area (Å²) in [5, 5.41) is 2.08. The van der Waals surface area contributed by atoms with E-state index in [0.717, 1.165) is 28.6 Å². The predicted molar refractivity (Wildman–Crippen MR) is 148 cm³/mol. The first-order valence-corrected chi connectivity index (χ1v) is 15.2. The average Bonchev–Trinajstić information content (AvgIpc) is 2.89. The molecule has 208 valence electrons. The standard InChI is InChI=1S/C31H35F4NO2Si/c1-30(2,3)39(26-12-6-4-7-13-26,27-14-8-5-9-15-27)38-20-19-25-11-10-16-29(37)36(25)22-23-21-24(31(33,34)35)17-18-28(23)32/h4-9,12-15,17-18,21,25H,10-11,16,19-20,22H2,1-3H3. The van der Waals surface area contributed by atoms with Gasteiger partial charge in [-0.2, -0.15) is 13.2 Å². The van der Waals surface area contributed by atoms with Gasteiger partial charge in [0.25, 0.3) is 8.32 Å². The number of amides is 1. The minimum absolute atomic E-state index is 0.127. The number of hydrogen-bond acceptors (Lipinski definition) is 2. The highest BCUT2D eigenvalue weighted by atomic mass is 28.4. The Hall–Kier alpha value is -2.97. The highest BCUT2D eigenvalue weighted by Gasteiger charge is 2.50. The zero-order valence-corrected chi connectivity index (χ0v) is 23.6. The Labute approximate surface area is 228 Å². The molecule has 1 saturated heterocycles. The second-order valence-corrected chi connectivity index (χ2v) is 15.5. The van der Waals surface area contributed by atoms with Gasteiger partial charge in [0.2, 0.25) is 5.91 Å². The first kappa shape index (κ1) is 29.0. The molecule has 1 unspecified atom stereocenters. The smallest absolute Gasteiger partial charge is 0.407 e. The number of piperidine rings is 1. The zero-order valence-electron chi connectivity index (χ0n) is 22.6. The summed E-state index contributed by atoms with van der Waals surface area (Å²) in [5.74, 6) is -0.919. The summed E-state index contributed by atoms with van der Waals surface area (Å²) in [6, 6.07) is 22.6. The second-order valence-electron chi connectivity index (χ2n) is 11.2. The van der Waals surface area contributed by atoms with Crippen molar-refractivity contribution in [2.24, 2.45) is 0 Å². The minimum Gasteiger partial charge on any atom is -0.407 e. The van der Waals surface area contributed by atoms with Crippen LogP contribution in [0, 0.1) is 5.82 Å². The minimum atomic E-state index is -4.59. The van der Waals surface area contributed by atoms with E-state index in [1.165, 1.54) is 4.90 Å². The molecule has 0 saturated carbocycles. The molecule has 0 spiro atoms. The van der Waals surface area contributed by atoms with Gasteiger partial charge in [-0.15, -0.1) is 0 Å². The van der Waals surface area contributed by atoms with Crippen molar-refractivity contribution in [2.75, 3.05) is 6.61 Å². The van der Waals surface area contributed by atoms with E-state index in [-0.39, 0.29) is 29.1 Å². The molecule has 3 aromatic rings. The largest absolute Gasteiger partial charge is 0.416 e. The molecule has 1 heterocycles. The van der Waals surface area contributed by atoms with Crippen LogP contribution in [-0.4, -0.2) is 31.8 Å². The van der Waals surface area contributed by atoms with Crippen molar-refractivity contribution < 1.29 is 26.8 Å². The lowest BCUT2D eigenvalue weighted by atomic mass is 9.97. The molecule has 0 radical (unpaired) electrons. The fourth-order valence-corrected chi connectivity index (χ4v) is 10.3. The lowest BCUT2D eigenvalue weighted by molar-refractivity contribution is -0.137. The number of carbonyl (C=O) groups is 1. The molecular weight excluding hydrogens is 522 g/mol. The summed E-state index contributed by atoms with van der Waals surface area (Å²) >= 11 is 0. The molecule has 0 N–H and O–H groups in total. The number of benzene rings is 3. The fourth-order valence-electron chi connectivity index (χ4n) is 5.67. The quantitative estimate of drug-likeness (QED) is 0.228. The van der Waals surface area contributed by atoms with E-state index >= 15 is 0 Å². The Balaban J connectivity index is 1.60. The number of likely N-dealkylation sites (tertiary alicyclic amines) is 1. The maximum absolute atomic E-state index is 14.6. The van der Waals surface area contributed by atoms with Crippen LogP contribution >= 0.6 is 0 Å². The Bertz CT molecular complexity index is 1220. The summed E-state index contributed by atoms with van der Waals surface area (Å²) in [6.45, 7) is 6.73. The van der Waals surface area contributed by atoms with Crippen LogP contribution in [0.5, 0.6) is 0 Å². The van der Waals surface area contributed by atoms with Gasteiger partial charge in [0.05, 0.1) is 5.56 Å². The van der Waals surface area contributed by atoms with E-state index in [4.69, 9.17) is 4.43 Å². The predicted octanol–water partition coefficient (Wildman–Crippen LogP) is 6.69. The van der Waals surface area contributed by atoms with Crippen molar-refractivity contribution >= 4 is 24.6 Å². The van der Waals surface area contributed by atoms with Crippen molar-refractivity contribution in [1.29, 1.82) is 0 Å². The van der Waals surface area contributed by atoms with Gasteiger partial charge in [-0.05, 0) is 52.9 Å². The molecular formula is C31H35F4NO2Si. The lowest BCUT2D eigenvalue weighted by Gasteiger charge is -2.44. The van der Waals surface area contributed by atoms with Crippen LogP contribution in [0.1, 0.15) is 57.6 Å². The van der Waals surface area contributed by atoms with E-state index < -0.39 is 25.9 Å². The van der Waals surface area contributed by atoms with Gasteiger partial charge in [-0.3, -0.25) is 4.79 Å². The van der Waals surface area contributed by atoms with Crippen LogP contribution in [0.15, 0.2) is 78.9 Å². The van der Waals surface area contributed by atoms with Gasteiger partial charge in [-0.1, -0.05) is 81.4 Å². The van der Waals surface area contributed by atoms with Gasteiger partial charge in [-0.25, -0.2) is 4.39 Å². The van der Waals surface area contributed by atoms with Crippen molar-refractivity contribution in [2.45, 2.75) is 70.3 Å². The molecule has 1 aliphatic rings. The van der Waals surface area contributed by atoms with Crippen LogP contribution in [0.3, 0.4) is 0 Å². The molecule has 0 aromatic heterocycles. The molecule has 1 aliphatic heterocycles. The van der Waals surface area contributed by atoms with Crippen LogP contribution in [0.4, 0.5) is 17.6 Å². The molecule has 3 nitrogen and oxygen atoms in total. The summed E-state index contributed by atoms with van der Waals surface area (Å²) in [7, 11) is -2.77. The molecule has 3 aromatic carbocycles. The molecule has 8 heteroatoms. The van der Waals surface area contributed by atoms with Crippen LogP contribution in [0.2, 0.25) is 5.04 Å². The topological polar surface area (TPSA) is 29.5 Å². The summed E-state index contributed by atoms with van der Waals surface area (Å²) in [4.78, 5) is 14.5. The van der Waals surface area contributed by atoms with Crippen LogP contribution < -0.4 is 10.4 Å². The first-order valence-electron chi connectivity index (χ1n) is 13.3. The van der Waals surface area contributed by atoms with E-state index in [2.05, 4.69) is 45.0 Å². The molecule has 4 rings (SSSR count). The first-order chi connectivity index (χ1) is 18.4. The zero-order chi connectivity index (χ0) is 28.3. The Kier molecular flexibility index (Phi) is 8.66. The number of alkyl halides is 3. The monoisotopic (exact) mass is 557 g/mol. The van der Waals surface area contributed by atoms with Crippen molar-refractivity contribution in [3.05, 3.63) is 95.8 Å². The summed E-state index contributed by atoms with van der Waals surface area (Å²) in [6.07, 6.45) is -2.40. The molecule has 39 heavy (non-hydrogen) atoms. The number of nitrogens with zero attached hydrogens (tertiary/aromatic N) is 1.